The molecule has 1 aliphatic rings. The van der Waals surface area contributed by atoms with Gasteiger partial charge < -0.3 is 0 Å². The second-order valence-electron chi connectivity index (χ2n) is 7.15. The molecule has 0 atom stereocenters. The average molecular weight is 356 g/mol. The number of benzene rings is 1. The predicted octanol–water partition coefficient (Wildman–Crippen LogP) is 1.85. The molecule has 0 bridgehead atoms. The summed E-state index contributed by atoms with van der Waals surface area (Å²) in [5, 5.41) is 11.3. The molecule has 0 radical (unpaired) electrons. The molecule has 8 heteroatoms. The van der Waals surface area contributed by atoms with Gasteiger partial charge in [-0.15, -0.1) is 0 Å². The number of rotatable bonds is 4. The number of ether oxygens (including phenoxy) is 1. The summed E-state index contributed by atoms with van der Waals surface area (Å²) in [5.74, 6) is 0. The Labute approximate surface area is 155 Å². The Morgan fingerprint density at radius 3 is 2.35 bits per heavy atom. The van der Waals surface area contributed by atoms with Crippen molar-refractivity contribution >= 4 is 24.6 Å². The number of hydrogen-bond acceptors (Lipinski definition) is 6. The fraction of sp³-hybridized carbons (Fsp3) is 0.500. The Morgan fingerprint density at radius 2 is 1.81 bits per heavy atom. The Bertz CT molecular complexity index is 684. The van der Waals surface area contributed by atoms with Gasteiger partial charge in [0.1, 0.15) is 0 Å². The first-order chi connectivity index (χ1) is 12.3. The maximum atomic E-state index is 12.0. The molecular weight excluding hydrogens is 331 g/mol. The molecule has 0 spiro atoms. The number of nitrogens with zero attached hydrogens (tertiary/aromatic N) is 3. The summed E-state index contributed by atoms with van der Waals surface area (Å²) >= 11 is 0. The van der Waals surface area contributed by atoms with E-state index in [1.165, 1.54) is 18.4 Å². The van der Waals surface area contributed by atoms with Crippen LogP contribution in [0.5, 0.6) is 0 Å². The Balaban J connectivity index is 1.99. The van der Waals surface area contributed by atoms with E-state index in [-0.39, 0.29) is 0 Å². The van der Waals surface area contributed by atoms with Crippen molar-refractivity contribution in [3.8, 4) is 6.26 Å². The molecule has 1 aromatic carbocycles. The number of hydrogen-bond donors (Lipinski definition) is 1. The van der Waals surface area contributed by atoms with E-state index in [1.807, 2.05) is 4.90 Å². The second-order valence-corrected chi connectivity index (χ2v) is 7.15. The molecule has 1 heterocycles. The van der Waals surface area contributed by atoms with Crippen LogP contribution in [0.15, 0.2) is 24.3 Å². The van der Waals surface area contributed by atoms with E-state index in [1.54, 1.807) is 27.0 Å². The molecule has 1 aromatic rings. The summed E-state index contributed by atoms with van der Waals surface area (Å²) in [4.78, 5) is 16.3. The first-order valence-electron chi connectivity index (χ1n) is 8.60. The molecule has 26 heavy (non-hydrogen) atoms. The number of carbonyl (C=O) groups is 1. The topological polar surface area (TPSA) is 77.8 Å². The molecular formula is C18H25BN4O3. The van der Waals surface area contributed by atoms with Crippen LogP contribution in [0.1, 0.15) is 26.3 Å². The van der Waals surface area contributed by atoms with Crippen LogP contribution in [0.25, 0.3) is 0 Å². The number of carbonyl (C=O) groups excluding carboxylic acids is 1. The van der Waals surface area contributed by atoms with E-state index >= 15 is 0 Å². The molecule has 0 unspecified atom stereocenters. The molecule has 0 saturated carbocycles. The minimum absolute atomic E-state index is 0.421. The molecule has 0 aliphatic carbocycles. The van der Waals surface area contributed by atoms with Gasteiger partial charge in [0.25, 0.3) is 0 Å². The van der Waals surface area contributed by atoms with Crippen LogP contribution in [-0.2, 0) is 9.39 Å². The van der Waals surface area contributed by atoms with Crippen molar-refractivity contribution in [1.82, 2.24) is 10.2 Å². The van der Waals surface area contributed by atoms with Crippen LogP contribution in [0, 0.1) is 18.4 Å². The normalized spacial score (nSPS) is 15.0. The number of anilines is 1. The van der Waals surface area contributed by atoms with E-state index in [0.717, 1.165) is 13.1 Å². The molecule has 1 fully saturated rings. The molecule has 7 nitrogen and oxygen atoms in total. The number of amides is 1. The van der Waals surface area contributed by atoms with E-state index in [0.29, 0.717) is 18.8 Å². The third-order valence-corrected chi connectivity index (χ3v) is 3.87. The third kappa shape index (κ3) is 5.99. The van der Waals surface area contributed by atoms with Crippen molar-refractivity contribution in [3.63, 3.8) is 0 Å². The van der Waals surface area contributed by atoms with Crippen LogP contribution in [0.4, 0.5) is 10.5 Å². The number of piperazine rings is 1. The van der Waals surface area contributed by atoms with Crippen molar-refractivity contribution in [1.29, 1.82) is 5.26 Å². The Hall–Kier alpha value is -2.69. The van der Waals surface area contributed by atoms with Crippen LogP contribution >= 0.6 is 0 Å². The van der Waals surface area contributed by atoms with E-state index < -0.39 is 11.7 Å². The van der Waals surface area contributed by atoms with Crippen molar-refractivity contribution in [3.05, 3.63) is 29.8 Å². The summed E-state index contributed by atoms with van der Waals surface area (Å²) in [6.45, 7) is 10.4. The quantitative estimate of drug-likeness (QED) is 0.655. The fourth-order valence-corrected chi connectivity index (χ4v) is 2.63. The first-order valence-corrected chi connectivity index (χ1v) is 8.60. The second kappa shape index (κ2) is 8.61. The van der Waals surface area contributed by atoms with Crippen molar-refractivity contribution in [2.45, 2.75) is 33.3 Å². The standard InChI is InChI=1S/C18H25BN4O3/c1-14-5-7-15(8-6-14)22-9-11-23(12-10-22)16(19-25-13-20)21-17(24)26-18(2,3)4/h5-8H,9-12H2,1-4H3,(H,21,24). The number of aryl methyl sites for hydroxylation is 1. The molecule has 1 saturated heterocycles. The SMILES string of the molecule is Cc1ccc(N2CCN(C(=BOC#N)NC(=O)OC(C)(C)C)CC2)cc1. The van der Waals surface area contributed by atoms with Gasteiger partial charge >= 0.3 is 155 Å². The molecule has 138 valence electrons. The van der Waals surface area contributed by atoms with E-state index in [9.17, 15) is 4.79 Å². The monoisotopic (exact) mass is 356 g/mol. The van der Waals surface area contributed by atoms with Gasteiger partial charge in [0.2, 0.25) is 0 Å². The van der Waals surface area contributed by atoms with Crippen molar-refractivity contribution in [2.75, 3.05) is 31.1 Å². The van der Waals surface area contributed by atoms with Gasteiger partial charge in [-0.3, -0.25) is 0 Å². The van der Waals surface area contributed by atoms with Crippen LogP contribution in [0.2, 0.25) is 0 Å². The summed E-state index contributed by atoms with van der Waals surface area (Å²) < 4.78 is 10.00. The van der Waals surface area contributed by atoms with Crippen LogP contribution < -0.4 is 10.2 Å². The summed E-state index contributed by atoms with van der Waals surface area (Å²) in [5.41, 5.74) is 2.22. The zero-order valence-electron chi connectivity index (χ0n) is 15.8. The van der Waals surface area contributed by atoms with Gasteiger partial charge in [0.05, 0.1) is 0 Å². The van der Waals surface area contributed by atoms with Gasteiger partial charge in [-0.1, -0.05) is 0 Å². The van der Waals surface area contributed by atoms with E-state index in [4.69, 9.17) is 14.7 Å². The van der Waals surface area contributed by atoms with Gasteiger partial charge in [-0.05, 0) is 0 Å². The fourth-order valence-electron chi connectivity index (χ4n) is 2.63. The number of nitriles is 1. The van der Waals surface area contributed by atoms with Gasteiger partial charge in [0, 0.05) is 0 Å². The molecule has 1 N–H and O–H groups in total. The maximum absolute atomic E-state index is 12.0. The Morgan fingerprint density at radius 1 is 1.19 bits per heavy atom. The molecule has 2 rings (SSSR count). The zero-order chi connectivity index (χ0) is 19.2. The number of alkyl carbamates (subject to hydrolysis) is 1. The summed E-state index contributed by atoms with van der Waals surface area (Å²) in [7, 11) is 1.24. The average Bonchev–Trinajstić information content (AvgIpc) is 2.58. The summed E-state index contributed by atoms with van der Waals surface area (Å²) in [6.07, 6.45) is 1.02. The molecule has 1 amide bonds. The van der Waals surface area contributed by atoms with Gasteiger partial charge in [-0.25, -0.2) is 0 Å². The van der Waals surface area contributed by atoms with Crippen molar-refractivity contribution < 1.29 is 14.2 Å². The molecule has 1 aliphatic heterocycles. The van der Waals surface area contributed by atoms with Crippen LogP contribution in [-0.4, -0.2) is 55.6 Å². The van der Waals surface area contributed by atoms with Gasteiger partial charge in [0.15, 0.2) is 0 Å². The predicted molar refractivity (Wildman–Crippen MR) is 102 cm³/mol. The Kier molecular flexibility index (Phi) is 6.50. The third-order valence-electron chi connectivity index (χ3n) is 3.87. The van der Waals surface area contributed by atoms with E-state index in [2.05, 4.69) is 41.4 Å². The van der Waals surface area contributed by atoms with Crippen LogP contribution in [0.3, 0.4) is 0 Å². The first kappa shape index (κ1) is 19.6. The zero-order valence-corrected chi connectivity index (χ0v) is 15.8. The van der Waals surface area contributed by atoms with Gasteiger partial charge in [-0.2, -0.15) is 0 Å². The number of nitrogens with one attached hydrogen (secondary N) is 1. The summed E-state index contributed by atoms with van der Waals surface area (Å²) in [6, 6.07) is 8.41. The molecule has 0 aromatic heterocycles. The van der Waals surface area contributed by atoms with Crippen molar-refractivity contribution in [2.24, 2.45) is 0 Å². The minimum atomic E-state index is -0.602.